The van der Waals surface area contributed by atoms with Gasteiger partial charge in [-0.2, -0.15) is 9.57 Å². The summed E-state index contributed by atoms with van der Waals surface area (Å²) in [5.41, 5.74) is -0.506. The maximum Gasteiger partial charge on any atom is 0.252 e. The van der Waals surface area contributed by atoms with Crippen LogP contribution in [0.3, 0.4) is 0 Å². The standard InChI is InChI=1S/C14H13F2N3O2S2/c1-19(23(20,21)13-3-2-6-22-13)5-4-18-14-11(15)7-10(9-17)8-12(14)16/h2-3,6-8,18H,4-5H2,1H3. The molecule has 9 heteroatoms. The van der Waals surface area contributed by atoms with Gasteiger partial charge in [0.05, 0.1) is 11.6 Å². The summed E-state index contributed by atoms with van der Waals surface area (Å²) in [4.78, 5) is 0. The molecule has 122 valence electrons. The van der Waals surface area contributed by atoms with E-state index >= 15 is 0 Å². The number of anilines is 1. The van der Waals surface area contributed by atoms with Crippen LogP contribution in [0.1, 0.15) is 5.56 Å². The lowest BCUT2D eigenvalue weighted by Gasteiger charge is -2.17. The molecule has 0 aliphatic rings. The second kappa shape index (κ2) is 7.04. The molecule has 0 saturated heterocycles. The summed E-state index contributed by atoms with van der Waals surface area (Å²) >= 11 is 1.10. The zero-order chi connectivity index (χ0) is 17.0. The second-order valence-corrected chi connectivity index (χ2v) is 7.83. The number of halogens is 2. The number of sulfonamides is 1. The highest BCUT2D eigenvalue weighted by Crippen LogP contribution is 2.21. The van der Waals surface area contributed by atoms with Crippen molar-refractivity contribution in [1.82, 2.24) is 4.31 Å². The van der Waals surface area contributed by atoms with Gasteiger partial charge < -0.3 is 5.32 Å². The average Bonchev–Trinajstić information content (AvgIpc) is 3.04. The maximum absolute atomic E-state index is 13.7. The lowest BCUT2D eigenvalue weighted by atomic mass is 10.2. The maximum atomic E-state index is 13.7. The van der Waals surface area contributed by atoms with Crippen LogP contribution in [0, 0.1) is 23.0 Å². The minimum Gasteiger partial charge on any atom is -0.379 e. The third kappa shape index (κ3) is 3.85. The summed E-state index contributed by atoms with van der Waals surface area (Å²) < 4.78 is 53.1. The normalized spacial score (nSPS) is 11.4. The fourth-order valence-corrected chi connectivity index (χ4v) is 4.20. The van der Waals surface area contributed by atoms with Gasteiger partial charge in [0, 0.05) is 20.1 Å². The van der Waals surface area contributed by atoms with Crippen molar-refractivity contribution in [2.75, 3.05) is 25.5 Å². The molecule has 0 amide bonds. The summed E-state index contributed by atoms with van der Waals surface area (Å²) in [6.07, 6.45) is 0. The van der Waals surface area contributed by atoms with Crippen LogP contribution in [0.5, 0.6) is 0 Å². The lowest BCUT2D eigenvalue weighted by Crippen LogP contribution is -2.31. The molecule has 0 atom stereocenters. The molecular weight excluding hydrogens is 344 g/mol. The molecule has 0 spiro atoms. The number of rotatable bonds is 6. The van der Waals surface area contributed by atoms with Crippen LogP contribution in [0.25, 0.3) is 0 Å². The van der Waals surface area contributed by atoms with E-state index in [2.05, 4.69) is 5.32 Å². The van der Waals surface area contributed by atoms with Gasteiger partial charge >= 0.3 is 0 Å². The zero-order valence-electron chi connectivity index (χ0n) is 12.1. The molecule has 2 aromatic rings. The molecule has 2 rings (SSSR count). The third-order valence-corrected chi connectivity index (χ3v) is 6.29. The van der Waals surface area contributed by atoms with E-state index in [1.165, 1.54) is 13.1 Å². The molecular formula is C14H13F2N3O2S2. The van der Waals surface area contributed by atoms with Crippen LogP contribution in [0.2, 0.25) is 0 Å². The Labute approximate surface area is 136 Å². The molecule has 0 aliphatic heterocycles. The first-order chi connectivity index (χ1) is 10.9. The SMILES string of the molecule is CN(CCNc1c(F)cc(C#N)cc1F)S(=O)(=O)c1cccs1. The Morgan fingerprint density at radius 2 is 2.00 bits per heavy atom. The van der Waals surface area contributed by atoms with Crippen molar-refractivity contribution in [2.24, 2.45) is 0 Å². The quantitative estimate of drug-likeness (QED) is 0.863. The monoisotopic (exact) mass is 357 g/mol. The van der Waals surface area contributed by atoms with Crippen LogP contribution in [-0.4, -0.2) is 32.9 Å². The van der Waals surface area contributed by atoms with E-state index in [0.29, 0.717) is 0 Å². The van der Waals surface area contributed by atoms with Crippen LogP contribution in [-0.2, 0) is 10.0 Å². The van der Waals surface area contributed by atoms with E-state index in [-0.39, 0.29) is 28.5 Å². The van der Waals surface area contributed by atoms with Crippen molar-refractivity contribution in [3.05, 3.63) is 46.8 Å². The van der Waals surface area contributed by atoms with E-state index < -0.39 is 21.7 Å². The molecule has 0 saturated carbocycles. The van der Waals surface area contributed by atoms with E-state index in [0.717, 1.165) is 27.8 Å². The number of likely N-dealkylation sites (N-methyl/N-ethyl adjacent to an activating group) is 1. The first-order valence-corrected chi connectivity index (χ1v) is 8.81. The molecule has 1 heterocycles. The van der Waals surface area contributed by atoms with Crippen LogP contribution < -0.4 is 5.32 Å². The van der Waals surface area contributed by atoms with Gasteiger partial charge in [0.25, 0.3) is 10.0 Å². The van der Waals surface area contributed by atoms with E-state index in [1.807, 2.05) is 0 Å². The molecule has 0 fully saturated rings. The number of nitrogens with zero attached hydrogens (tertiary/aromatic N) is 2. The number of hydrogen-bond donors (Lipinski definition) is 1. The topological polar surface area (TPSA) is 73.2 Å². The Morgan fingerprint density at radius 1 is 1.35 bits per heavy atom. The molecule has 1 aromatic heterocycles. The Morgan fingerprint density at radius 3 is 2.52 bits per heavy atom. The summed E-state index contributed by atoms with van der Waals surface area (Å²) in [5, 5.41) is 12.8. The Bertz CT molecular complexity index is 807. The third-order valence-electron chi connectivity index (χ3n) is 3.06. The van der Waals surface area contributed by atoms with Crippen molar-refractivity contribution in [3.8, 4) is 6.07 Å². The molecule has 1 aromatic carbocycles. The number of benzene rings is 1. The van der Waals surface area contributed by atoms with Crippen LogP contribution >= 0.6 is 11.3 Å². The van der Waals surface area contributed by atoms with Crippen LogP contribution in [0.4, 0.5) is 14.5 Å². The number of thiophene rings is 1. The van der Waals surface area contributed by atoms with Crippen molar-refractivity contribution in [3.63, 3.8) is 0 Å². The molecule has 23 heavy (non-hydrogen) atoms. The molecule has 0 radical (unpaired) electrons. The van der Waals surface area contributed by atoms with Gasteiger partial charge in [0.2, 0.25) is 0 Å². The second-order valence-electron chi connectivity index (χ2n) is 4.61. The predicted octanol–water partition coefficient (Wildman–Crippen LogP) is 2.63. The smallest absolute Gasteiger partial charge is 0.252 e. The minimum atomic E-state index is -3.60. The van der Waals surface area contributed by atoms with Gasteiger partial charge in [-0.3, -0.25) is 0 Å². The van der Waals surface area contributed by atoms with Gasteiger partial charge in [-0.05, 0) is 23.6 Å². The average molecular weight is 357 g/mol. The summed E-state index contributed by atoms with van der Waals surface area (Å²) in [6, 6.07) is 6.60. The first kappa shape index (κ1) is 17.3. The number of nitrogens with one attached hydrogen (secondary N) is 1. The van der Waals surface area contributed by atoms with Gasteiger partial charge in [0.1, 0.15) is 9.90 Å². The van der Waals surface area contributed by atoms with Gasteiger partial charge in [-0.15, -0.1) is 11.3 Å². The highest BCUT2D eigenvalue weighted by Gasteiger charge is 2.21. The molecule has 1 N–H and O–H groups in total. The van der Waals surface area contributed by atoms with Gasteiger partial charge in [0.15, 0.2) is 11.6 Å². The zero-order valence-corrected chi connectivity index (χ0v) is 13.7. The molecule has 0 unspecified atom stereocenters. The van der Waals surface area contributed by atoms with Crippen molar-refractivity contribution >= 4 is 27.0 Å². The van der Waals surface area contributed by atoms with E-state index in [9.17, 15) is 17.2 Å². The Balaban J connectivity index is 2.02. The largest absolute Gasteiger partial charge is 0.379 e. The minimum absolute atomic E-state index is 0.0147. The summed E-state index contributed by atoms with van der Waals surface area (Å²) in [5.74, 6) is -1.80. The van der Waals surface area contributed by atoms with Crippen molar-refractivity contribution in [1.29, 1.82) is 5.26 Å². The van der Waals surface area contributed by atoms with Gasteiger partial charge in [-0.1, -0.05) is 6.07 Å². The summed E-state index contributed by atoms with van der Waals surface area (Å²) in [7, 11) is -2.21. The van der Waals surface area contributed by atoms with Gasteiger partial charge in [-0.25, -0.2) is 17.2 Å². The molecule has 0 bridgehead atoms. The number of nitriles is 1. The van der Waals surface area contributed by atoms with E-state index in [4.69, 9.17) is 5.26 Å². The summed E-state index contributed by atoms with van der Waals surface area (Å²) in [6.45, 7) is 0.0416. The fraction of sp³-hybridized carbons (Fsp3) is 0.214. The highest BCUT2D eigenvalue weighted by molar-refractivity contribution is 7.91. The molecule has 0 aliphatic carbocycles. The Kier molecular flexibility index (Phi) is 5.30. The number of hydrogen-bond acceptors (Lipinski definition) is 5. The predicted molar refractivity (Wildman–Crippen MR) is 83.7 cm³/mol. The lowest BCUT2D eigenvalue weighted by molar-refractivity contribution is 0.481. The van der Waals surface area contributed by atoms with Crippen molar-refractivity contribution < 1.29 is 17.2 Å². The first-order valence-electron chi connectivity index (χ1n) is 6.49. The van der Waals surface area contributed by atoms with E-state index in [1.54, 1.807) is 17.5 Å². The fourth-order valence-electron chi connectivity index (χ4n) is 1.83. The Hall–Kier alpha value is -2.02. The van der Waals surface area contributed by atoms with Crippen LogP contribution in [0.15, 0.2) is 33.9 Å². The molecule has 5 nitrogen and oxygen atoms in total. The van der Waals surface area contributed by atoms with Crippen molar-refractivity contribution in [2.45, 2.75) is 4.21 Å². The highest BCUT2D eigenvalue weighted by atomic mass is 32.2.